The summed E-state index contributed by atoms with van der Waals surface area (Å²) >= 11 is 0. The zero-order chi connectivity index (χ0) is 11.7. The van der Waals surface area contributed by atoms with Crippen LogP contribution in [0.15, 0.2) is 28.9 Å². The summed E-state index contributed by atoms with van der Waals surface area (Å²) in [6.07, 6.45) is 3.27. The number of aromatic nitrogens is 5. The molecule has 0 fully saturated rings. The highest BCUT2D eigenvalue weighted by Gasteiger charge is 2.04. The van der Waals surface area contributed by atoms with Crippen LogP contribution in [-0.4, -0.2) is 25.0 Å². The number of hydrogen-bond acceptors (Lipinski definition) is 6. The van der Waals surface area contributed by atoms with E-state index in [2.05, 4.69) is 25.8 Å². The Bertz CT molecular complexity index is 643. The van der Waals surface area contributed by atoms with E-state index < -0.39 is 0 Å². The van der Waals surface area contributed by atoms with Crippen molar-refractivity contribution in [2.75, 3.05) is 5.32 Å². The van der Waals surface area contributed by atoms with Gasteiger partial charge in [-0.15, -0.1) is 5.10 Å². The van der Waals surface area contributed by atoms with Gasteiger partial charge in [0, 0.05) is 0 Å². The number of nitrogens with zero attached hydrogens (tertiary/aromatic N) is 5. The van der Waals surface area contributed by atoms with Crippen molar-refractivity contribution < 1.29 is 4.42 Å². The molecule has 0 unspecified atom stereocenters. The highest BCUT2D eigenvalue weighted by molar-refractivity contribution is 5.43. The summed E-state index contributed by atoms with van der Waals surface area (Å²) in [4.78, 5) is 4.05. The Morgan fingerprint density at radius 1 is 1.35 bits per heavy atom. The maximum absolute atomic E-state index is 5.45. The van der Waals surface area contributed by atoms with Gasteiger partial charge in [-0.2, -0.15) is 4.52 Å². The predicted molar refractivity (Wildman–Crippen MR) is 59.3 cm³/mol. The molecule has 3 heterocycles. The number of furan rings is 1. The molecule has 3 aromatic rings. The van der Waals surface area contributed by atoms with E-state index in [9.17, 15) is 0 Å². The molecule has 0 saturated carbocycles. The van der Waals surface area contributed by atoms with Crippen LogP contribution >= 0.6 is 0 Å². The van der Waals surface area contributed by atoms with E-state index in [1.807, 2.05) is 19.1 Å². The summed E-state index contributed by atoms with van der Waals surface area (Å²) in [5.41, 5.74) is 0.602. The highest BCUT2D eigenvalue weighted by Crippen LogP contribution is 2.10. The molecule has 0 aliphatic heterocycles. The molecule has 0 aromatic carbocycles. The quantitative estimate of drug-likeness (QED) is 0.723. The summed E-state index contributed by atoms with van der Waals surface area (Å²) in [5, 5.41) is 14.4. The Morgan fingerprint density at radius 2 is 2.29 bits per heavy atom. The number of hydrogen-bond donors (Lipinski definition) is 1. The van der Waals surface area contributed by atoms with E-state index in [-0.39, 0.29) is 0 Å². The number of fused-ring (bicyclic) bond motifs is 1. The Kier molecular flexibility index (Phi) is 2.21. The summed E-state index contributed by atoms with van der Waals surface area (Å²) < 4.78 is 7.04. The molecule has 17 heavy (non-hydrogen) atoms. The normalized spacial score (nSPS) is 10.9. The first kappa shape index (κ1) is 9.76. The van der Waals surface area contributed by atoms with Gasteiger partial charge in [0.05, 0.1) is 18.9 Å². The van der Waals surface area contributed by atoms with Gasteiger partial charge < -0.3 is 9.73 Å². The average molecular weight is 230 g/mol. The van der Waals surface area contributed by atoms with E-state index in [1.54, 1.807) is 16.9 Å². The molecule has 0 atom stereocenters. The fourth-order valence-electron chi connectivity index (χ4n) is 1.55. The van der Waals surface area contributed by atoms with Crippen LogP contribution in [0.1, 0.15) is 11.5 Å². The van der Waals surface area contributed by atoms with Crippen LogP contribution in [0.3, 0.4) is 0 Å². The van der Waals surface area contributed by atoms with Crippen molar-refractivity contribution in [3.63, 3.8) is 0 Å². The minimum Gasteiger partial charge on any atom is -0.465 e. The predicted octanol–water partition coefficient (Wildman–Crippen LogP) is 1.03. The van der Waals surface area contributed by atoms with Crippen molar-refractivity contribution in [1.82, 2.24) is 25.0 Å². The number of aryl methyl sites for hydroxylation is 1. The Balaban J connectivity index is 1.83. The molecule has 0 amide bonds. The Hall–Kier alpha value is -2.44. The van der Waals surface area contributed by atoms with Gasteiger partial charge in [-0.25, -0.2) is 0 Å². The molecule has 3 rings (SSSR count). The molecule has 0 radical (unpaired) electrons. The zero-order valence-electron chi connectivity index (χ0n) is 9.16. The second-order valence-corrected chi connectivity index (χ2v) is 3.61. The fourth-order valence-corrected chi connectivity index (χ4v) is 1.55. The topological polar surface area (TPSA) is 81.1 Å². The van der Waals surface area contributed by atoms with Gasteiger partial charge >= 0.3 is 0 Å². The second-order valence-electron chi connectivity index (χ2n) is 3.61. The third-order valence-electron chi connectivity index (χ3n) is 2.35. The van der Waals surface area contributed by atoms with Crippen LogP contribution in [0.4, 0.5) is 5.82 Å². The summed E-state index contributed by atoms with van der Waals surface area (Å²) in [6.45, 7) is 2.47. The first-order valence-electron chi connectivity index (χ1n) is 5.14. The SMILES string of the molecule is Cc1ccc(CNc2cncc3nnnn23)o1. The van der Waals surface area contributed by atoms with Crippen LogP contribution in [0.2, 0.25) is 0 Å². The smallest absolute Gasteiger partial charge is 0.199 e. The first-order chi connectivity index (χ1) is 8.33. The largest absolute Gasteiger partial charge is 0.465 e. The molecule has 1 N–H and O–H groups in total. The summed E-state index contributed by atoms with van der Waals surface area (Å²) in [6, 6.07) is 3.85. The molecule has 7 nitrogen and oxygen atoms in total. The van der Waals surface area contributed by atoms with Crippen molar-refractivity contribution in [2.45, 2.75) is 13.5 Å². The van der Waals surface area contributed by atoms with E-state index >= 15 is 0 Å². The second kappa shape index (κ2) is 3.85. The monoisotopic (exact) mass is 230 g/mol. The molecule has 0 saturated heterocycles. The van der Waals surface area contributed by atoms with Crippen molar-refractivity contribution in [3.8, 4) is 0 Å². The van der Waals surface area contributed by atoms with Crippen LogP contribution in [-0.2, 0) is 6.54 Å². The minimum atomic E-state index is 0.564. The highest BCUT2D eigenvalue weighted by atomic mass is 16.3. The van der Waals surface area contributed by atoms with Crippen LogP contribution in [0, 0.1) is 6.92 Å². The van der Waals surface area contributed by atoms with Gasteiger partial charge in [-0.3, -0.25) is 4.98 Å². The number of rotatable bonds is 3. The third-order valence-corrected chi connectivity index (χ3v) is 2.35. The minimum absolute atomic E-state index is 0.564. The van der Waals surface area contributed by atoms with Gasteiger partial charge in [0.25, 0.3) is 0 Å². The molecular weight excluding hydrogens is 220 g/mol. The van der Waals surface area contributed by atoms with Crippen LogP contribution in [0.5, 0.6) is 0 Å². The lowest BCUT2D eigenvalue weighted by atomic mass is 10.4. The standard InChI is InChI=1S/C10H10N6O/c1-7-2-3-8(17-7)4-12-9-5-11-6-10-13-14-15-16(9)10/h2-3,5-6,12H,4H2,1H3. The molecular formula is C10H10N6O. The van der Waals surface area contributed by atoms with Crippen molar-refractivity contribution in [1.29, 1.82) is 0 Å². The molecule has 0 aliphatic carbocycles. The molecule has 86 valence electrons. The van der Waals surface area contributed by atoms with E-state index in [0.29, 0.717) is 12.2 Å². The van der Waals surface area contributed by atoms with Gasteiger partial charge in [0.1, 0.15) is 11.5 Å². The number of anilines is 1. The van der Waals surface area contributed by atoms with Crippen LogP contribution in [0.25, 0.3) is 5.65 Å². The summed E-state index contributed by atoms with van der Waals surface area (Å²) in [7, 11) is 0. The number of nitrogens with one attached hydrogen (secondary N) is 1. The molecule has 0 aliphatic rings. The van der Waals surface area contributed by atoms with E-state index in [0.717, 1.165) is 17.3 Å². The van der Waals surface area contributed by atoms with Gasteiger partial charge in [0.15, 0.2) is 11.5 Å². The lowest BCUT2D eigenvalue weighted by molar-refractivity contribution is 0.490. The Morgan fingerprint density at radius 3 is 3.12 bits per heavy atom. The van der Waals surface area contributed by atoms with Crippen LogP contribution < -0.4 is 5.32 Å². The van der Waals surface area contributed by atoms with Gasteiger partial charge in [-0.05, 0) is 29.5 Å². The molecule has 0 spiro atoms. The number of tetrazole rings is 1. The molecule has 7 heteroatoms. The lowest BCUT2D eigenvalue weighted by Crippen LogP contribution is -2.05. The zero-order valence-corrected chi connectivity index (χ0v) is 9.16. The first-order valence-corrected chi connectivity index (χ1v) is 5.14. The summed E-state index contributed by atoms with van der Waals surface area (Å²) in [5.74, 6) is 2.47. The molecule has 3 aromatic heterocycles. The van der Waals surface area contributed by atoms with Crippen molar-refractivity contribution in [3.05, 3.63) is 36.0 Å². The third kappa shape index (κ3) is 1.82. The average Bonchev–Trinajstić information content (AvgIpc) is 2.94. The van der Waals surface area contributed by atoms with Crippen molar-refractivity contribution in [2.24, 2.45) is 0 Å². The van der Waals surface area contributed by atoms with E-state index in [4.69, 9.17) is 4.42 Å². The lowest BCUT2D eigenvalue weighted by Gasteiger charge is -2.04. The van der Waals surface area contributed by atoms with Gasteiger partial charge in [0.2, 0.25) is 0 Å². The maximum atomic E-state index is 5.45. The Labute approximate surface area is 96.5 Å². The maximum Gasteiger partial charge on any atom is 0.199 e. The molecule has 0 bridgehead atoms. The van der Waals surface area contributed by atoms with E-state index in [1.165, 1.54) is 0 Å². The van der Waals surface area contributed by atoms with Gasteiger partial charge in [-0.1, -0.05) is 0 Å². The fraction of sp³-hybridized carbons (Fsp3) is 0.200. The van der Waals surface area contributed by atoms with Crippen molar-refractivity contribution >= 4 is 11.5 Å².